The van der Waals surface area contributed by atoms with Crippen LogP contribution in [0.2, 0.25) is 0 Å². The van der Waals surface area contributed by atoms with Gasteiger partial charge < -0.3 is 10.2 Å². The molecule has 0 saturated carbocycles. The van der Waals surface area contributed by atoms with Crippen molar-refractivity contribution in [2.75, 3.05) is 0 Å². The van der Waals surface area contributed by atoms with E-state index in [4.69, 9.17) is 10.2 Å². The molecule has 1 amide bonds. The molecule has 1 aromatic heterocycles. The second kappa shape index (κ2) is 2.81. The van der Waals surface area contributed by atoms with E-state index >= 15 is 0 Å². The molecule has 0 spiro atoms. The Balaban J connectivity index is 3.11. The molecule has 0 atom stereocenters. The fourth-order valence-corrected chi connectivity index (χ4v) is 0.989. The summed E-state index contributed by atoms with van der Waals surface area (Å²) in [7, 11) is 0. The maximum absolute atomic E-state index is 11.0. The van der Waals surface area contributed by atoms with Crippen molar-refractivity contribution in [1.29, 1.82) is 0 Å². The average Bonchev–Trinajstić information content (AvgIpc) is 2.28. The highest BCUT2D eigenvalue weighted by Crippen LogP contribution is 2.13. The van der Waals surface area contributed by atoms with Crippen LogP contribution >= 0.6 is 0 Å². The third-order valence-corrected chi connectivity index (χ3v) is 1.51. The predicted molar refractivity (Wildman–Crippen MR) is 41.7 cm³/mol. The Hall–Kier alpha value is -1.58. The lowest BCUT2D eigenvalue weighted by Crippen LogP contribution is -2.23. The largest absolute Gasteiger partial charge is 0.466 e. The monoisotopic (exact) mass is 167 g/mol. The van der Waals surface area contributed by atoms with Crippen molar-refractivity contribution in [3.05, 3.63) is 23.2 Å². The maximum atomic E-state index is 11.0. The molecule has 12 heavy (non-hydrogen) atoms. The molecule has 0 aromatic carbocycles. The van der Waals surface area contributed by atoms with Crippen molar-refractivity contribution in [1.82, 2.24) is 0 Å². The molecule has 1 rings (SSSR count). The zero-order valence-electron chi connectivity index (χ0n) is 6.88. The summed E-state index contributed by atoms with van der Waals surface area (Å²) >= 11 is 0. The van der Waals surface area contributed by atoms with E-state index in [-0.39, 0.29) is 5.56 Å². The van der Waals surface area contributed by atoms with Crippen molar-refractivity contribution >= 4 is 11.7 Å². The average molecular weight is 167 g/mol. The van der Waals surface area contributed by atoms with Gasteiger partial charge in [0, 0.05) is 0 Å². The number of rotatable bonds is 2. The Bertz CT molecular complexity index is 338. The Kier molecular flexibility index (Phi) is 1.99. The van der Waals surface area contributed by atoms with Gasteiger partial charge in [-0.25, -0.2) is 0 Å². The van der Waals surface area contributed by atoms with Gasteiger partial charge in [-0.3, -0.25) is 9.59 Å². The van der Waals surface area contributed by atoms with Gasteiger partial charge in [-0.1, -0.05) is 0 Å². The third-order valence-electron chi connectivity index (χ3n) is 1.51. The van der Waals surface area contributed by atoms with Crippen molar-refractivity contribution in [2.24, 2.45) is 5.73 Å². The van der Waals surface area contributed by atoms with Gasteiger partial charge in [-0.2, -0.15) is 0 Å². The SMILES string of the molecule is Cc1cc(C(=O)C(N)=O)c(C)o1. The molecule has 0 aliphatic carbocycles. The molecule has 64 valence electrons. The van der Waals surface area contributed by atoms with Gasteiger partial charge >= 0.3 is 0 Å². The standard InChI is InChI=1S/C8H9NO3/c1-4-3-6(5(2)12-4)7(10)8(9)11/h3H,1-2H3,(H2,9,11). The molecule has 1 aromatic rings. The molecule has 0 saturated heterocycles. The summed E-state index contributed by atoms with van der Waals surface area (Å²) < 4.78 is 5.06. The van der Waals surface area contributed by atoms with Crippen molar-refractivity contribution < 1.29 is 14.0 Å². The molecular formula is C8H9NO3. The van der Waals surface area contributed by atoms with Crippen LogP contribution in [0.25, 0.3) is 0 Å². The minimum absolute atomic E-state index is 0.250. The lowest BCUT2D eigenvalue weighted by molar-refractivity contribution is -0.114. The number of carbonyl (C=O) groups is 2. The van der Waals surface area contributed by atoms with Gasteiger partial charge in [0.15, 0.2) is 0 Å². The zero-order chi connectivity index (χ0) is 9.30. The van der Waals surface area contributed by atoms with Crippen LogP contribution in [0.4, 0.5) is 0 Å². The van der Waals surface area contributed by atoms with Gasteiger partial charge in [0.2, 0.25) is 0 Å². The normalized spacial score (nSPS) is 9.83. The van der Waals surface area contributed by atoms with Crippen LogP contribution in [-0.2, 0) is 4.79 Å². The lowest BCUT2D eigenvalue weighted by atomic mass is 10.1. The second-order valence-corrected chi connectivity index (χ2v) is 2.52. The van der Waals surface area contributed by atoms with E-state index in [2.05, 4.69) is 0 Å². The van der Waals surface area contributed by atoms with E-state index in [9.17, 15) is 9.59 Å². The molecule has 0 aliphatic heterocycles. The molecule has 0 unspecified atom stereocenters. The Morgan fingerprint density at radius 3 is 2.33 bits per heavy atom. The van der Waals surface area contributed by atoms with E-state index in [1.165, 1.54) is 6.07 Å². The highest BCUT2D eigenvalue weighted by Gasteiger charge is 2.17. The van der Waals surface area contributed by atoms with E-state index in [1.54, 1.807) is 13.8 Å². The van der Waals surface area contributed by atoms with Crippen LogP contribution in [0.15, 0.2) is 10.5 Å². The summed E-state index contributed by atoms with van der Waals surface area (Å²) in [6.07, 6.45) is 0. The molecule has 0 aliphatic rings. The summed E-state index contributed by atoms with van der Waals surface area (Å²) in [4.78, 5) is 21.5. The lowest BCUT2D eigenvalue weighted by Gasteiger charge is -1.90. The number of Topliss-reactive ketones (excluding diaryl/α,β-unsaturated/α-hetero) is 1. The van der Waals surface area contributed by atoms with Crippen molar-refractivity contribution in [3.63, 3.8) is 0 Å². The van der Waals surface area contributed by atoms with Crippen LogP contribution in [0.1, 0.15) is 21.9 Å². The molecule has 1 heterocycles. The fraction of sp³-hybridized carbons (Fsp3) is 0.250. The van der Waals surface area contributed by atoms with E-state index < -0.39 is 11.7 Å². The van der Waals surface area contributed by atoms with Crippen LogP contribution < -0.4 is 5.73 Å². The van der Waals surface area contributed by atoms with Gasteiger partial charge in [0.05, 0.1) is 5.56 Å². The van der Waals surface area contributed by atoms with Gasteiger partial charge in [0.25, 0.3) is 11.7 Å². The predicted octanol–water partition coefficient (Wildman–Crippen LogP) is 0.564. The van der Waals surface area contributed by atoms with Gasteiger partial charge in [-0.15, -0.1) is 0 Å². The molecule has 2 N–H and O–H groups in total. The molecule has 0 fully saturated rings. The zero-order valence-corrected chi connectivity index (χ0v) is 6.88. The summed E-state index contributed by atoms with van der Waals surface area (Å²) in [5, 5.41) is 0. The third kappa shape index (κ3) is 1.37. The number of aryl methyl sites for hydroxylation is 2. The van der Waals surface area contributed by atoms with Crippen molar-refractivity contribution in [2.45, 2.75) is 13.8 Å². The van der Waals surface area contributed by atoms with Gasteiger partial charge in [0.1, 0.15) is 11.5 Å². The van der Waals surface area contributed by atoms with Crippen LogP contribution in [0.3, 0.4) is 0 Å². The van der Waals surface area contributed by atoms with Crippen LogP contribution in [0.5, 0.6) is 0 Å². The number of nitrogens with two attached hydrogens (primary N) is 1. The van der Waals surface area contributed by atoms with E-state index in [0.29, 0.717) is 11.5 Å². The number of hydrogen-bond donors (Lipinski definition) is 1. The highest BCUT2D eigenvalue weighted by molar-refractivity contribution is 6.42. The van der Waals surface area contributed by atoms with E-state index in [1.807, 2.05) is 0 Å². The first-order chi connectivity index (χ1) is 5.52. The number of hydrogen-bond acceptors (Lipinski definition) is 3. The highest BCUT2D eigenvalue weighted by atomic mass is 16.3. The quantitative estimate of drug-likeness (QED) is 0.516. The number of primary amides is 1. The smallest absolute Gasteiger partial charge is 0.289 e. The number of carbonyl (C=O) groups excluding carboxylic acids is 2. The number of furan rings is 1. The topological polar surface area (TPSA) is 73.3 Å². The minimum atomic E-state index is -0.959. The first kappa shape index (κ1) is 8.52. The number of ketones is 1. The molecular weight excluding hydrogens is 158 g/mol. The van der Waals surface area contributed by atoms with Crippen molar-refractivity contribution in [3.8, 4) is 0 Å². The Labute approximate surface area is 69.3 Å². The molecule has 4 nitrogen and oxygen atoms in total. The van der Waals surface area contributed by atoms with Crippen LogP contribution in [0, 0.1) is 13.8 Å². The molecule has 0 bridgehead atoms. The number of amides is 1. The first-order valence-corrected chi connectivity index (χ1v) is 3.43. The summed E-state index contributed by atoms with van der Waals surface area (Å²) in [6.45, 7) is 3.31. The first-order valence-electron chi connectivity index (χ1n) is 3.43. The summed E-state index contributed by atoms with van der Waals surface area (Å²) in [5.74, 6) is -0.642. The van der Waals surface area contributed by atoms with Gasteiger partial charge in [-0.05, 0) is 19.9 Å². The second-order valence-electron chi connectivity index (χ2n) is 2.52. The molecule has 0 radical (unpaired) electrons. The summed E-state index contributed by atoms with van der Waals surface area (Å²) in [6, 6.07) is 1.50. The Morgan fingerprint density at radius 2 is 2.00 bits per heavy atom. The summed E-state index contributed by atoms with van der Waals surface area (Å²) in [5.41, 5.74) is 5.07. The van der Waals surface area contributed by atoms with E-state index in [0.717, 1.165) is 0 Å². The van der Waals surface area contributed by atoms with Crippen LogP contribution in [-0.4, -0.2) is 11.7 Å². The maximum Gasteiger partial charge on any atom is 0.289 e. The molecule has 4 heteroatoms. The minimum Gasteiger partial charge on any atom is -0.466 e. The fourth-order valence-electron chi connectivity index (χ4n) is 0.989. The Morgan fingerprint density at radius 1 is 1.42 bits per heavy atom.